The maximum atomic E-state index is 13.1. The first-order valence-corrected chi connectivity index (χ1v) is 11.4. The van der Waals surface area contributed by atoms with E-state index < -0.39 is 0 Å². The van der Waals surface area contributed by atoms with E-state index in [1.165, 1.54) is 11.0 Å². The molecule has 0 radical (unpaired) electrons. The van der Waals surface area contributed by atoms with Crippen LogP contribution in [0.3, 0.4) is 0 Å². The molecule has 2 aliphatic heterocycles. The Bertz CT molecular complexity index is 1680. The van der Waals surface area contributed by atoms with Crippen molar-refractivity contribution in [2.75, 3.05) is 13.1 Å². The zero-order valence-corrected chi connectivity index (χ0v) is 19.1. The normalized spacial score (nSPS) is 14.3. The van der Waals surface area contributed by atoms with Gasteiger partial charge in [0.1, 0.15) is 0 Å². The molecule has 6 heteroatoms. The van der Waals surface area contributed by atoms with Crippen LogP contribution in [0, 0.1) is 11.8 Å². The summed E-state index contributed by atoms with van der Waals surface area (Å²) < 4.78 is 0. The van der Waals surface area contributed by atoms with E-state index in [0.29, 0.717) is 44.0 Å². The number of hydrogen-bond acceptors (Lipinski definition) is 4. The Hall–Kier alpha value is -5.02. The molecule has 0 spiro atoms. The molecule has 36 heavy (non-hydrogen) atoms. The summed E-state index contributed by atoms with van der Waals surface area (Å²) in [5.41, 5.74) is 2.42. The van der Waals surface area contributed by atoms with E-state index in [1.807, 2.05) is 18.2 Å². The number of amides is 4. The van der Waals surface area contributed by atoms with Crippen molar-refractivity contribution in [3.8, 4) is 11.8 Å². The Balaban J connectivity index is 1.37. The Morgan fingerprint density at radius 2 is 1.22 bits per heavy atom. The molecule has 0 N–H and O–H groups in total. The first kappa shape index (κ1) is 21.5. The highest BCUT2D eigenvalue weighted by molar-refractivity contribution is 6.26. The summed E-state index contributed by atoms with van der Waals surface area (Å²) in [5, 5.41) is 2.74. The number of imide groups is 2. The fourth-order valence-electron chi connectivity index (χ4n) is 4.99. The van der Waals surface area contributed by atoms with E-state index in [4.69, 9.17) is 0 Å². The standard InChI is InChI=1S/C30H18N2O4/c1-2-16-31-29(35)23-13-5-10-20-18(14-15-24(26(20)23)30(31)36)9-6-17-32-27(33)21-11-3-7-19-8-4-12-22(25(19)21)28(32)34/h2-5,7-8,10-15H,1,16-17H2. The van der Waals surface area contributed by atoms with Crippen molar-refractivity contribution in [2.45, 2.75) is 0 Å². The van der Waals surface area contributed by atoms with E-state index in [2.05, 4.69) is 18.4 Å². The van der Waals surface area contributed by atoms with E-state index >= 15 is 0 Å². The maximum Gasteiger partial charge on any atom is 0.262 e. The van der Waals surface area contributed by atoms with Crippen LogP contribution < -0.4 is 0 Å². The monoisotopic (exact) mass is 470 g/mol. The first-order valence-electron chi connectivity index (χ1n) is 11.4. The van der Waals surface area contributed by atoms with Crippen molar-refractivity contribution < 1.29 is 19.2 Å². The summed E-state index contributed by atoms with van der Waals surface area (Å²) in [4.78, 5) is 54.4. The van der Waals surface area contributed by atoms with E-state index in [9.17, 15) is 19.2 Å². The molecular formula is C30H18N2O4. The molecule has 0 aliphatic carbocycles. The van der Waals surface area contributed by atoms with Crippen LogP contribution in [0.15, 0.2) is 79.4 Å². The lowest BCUT2D eigenvalue weighted by Crippen LogP contribution is -2.40. The van der Waals surface area contributed by atoms with Crippen molar-refractivity contribution in [2.24, 2.45) is 0 Å². The van der Waals surface area contributed by atoms with Crippen LogP contribution in [0.2, 0.25) is 0 Å². The molecule has 4 aromatic rings. The molecule has 0 aromatic heterocycles. The highest BCUT2D eigenvalue weighted by atomic mass is 16.2. The Morgan fingerprint density at radius 1 is 0.667 bits per heavy atom. The van der Waals surface area contributed by atoms with Crippen molar-refractivity contribution in [3.63, 3.8) is 0 Å². The van der Waals surface area contributed by atoms with Gasteiger partial charge in [-0.15, -0.1) is 6.58 Å². The number of hydrogen-bond donors (Lipinski definition) is 0. The summed E-state index contributed by atoms with van der Waals surface area (Å²) in [6, 6.07) is 19.4. The van der Waals surface area contributed by atoms with Gasteiger partial charge in [0.05, 0.1) is 6.54 Å². The van der Waals surface area contributed by atoms with Crippen LogP contribution in [0.5, 0.6) is 0 Å². The molecule has 0 unspecified atom stereocenters. The topological polar surface area (TPSA) is 74.8 Å². The second-order valence-electron chi connectivity index (χ2n) is 8.61. The molecule has 6 nitrogen and oxygen atoms in total. The quantitative estimate of drug-likeness (QED) is 0.252. The van der Waals surface area contributed by atoms with Gasteiger partial charge in [-0.3, -0.25) is 29.0 Å². The maximum absolute atomic E-state index is 13.1. The van der Waals surface area contributed by atoms with E-state index in [1.54, 1.807) is 48.5 Å². The van der Waals surface area contributed by atoms with Gasteiger partial charge in [0.15, 0.2) is 0 Å². The number of carbonyl (C=O) groups is 4. The molecule has 4 amide bonds. The fourth-order valence-corrected chi connectivity index (χ4v) is 4.99. The fraction of sp³-hybridized carbons (Fsp3) is 0.0667. The summed E-state index contributed by atoms with van der Waals surface area (Å²) in [6.45, 7) is 3.67. The lowest BCUT2D eigenvalue weighted by Gasteiger charge is -2.26. The molecule has 172 valence electrons. The second-order valence-corrected chi connectivity index (χ2v) is 8.61. The summed E-state index contributed by atoms with van der Waals surface area (Å²) >= 11 is 0. The van der Waals surface area contributed by atoms with Gasteiger partial charge in [0.25, 0.3) is 23.6 Å². The van der Waals surface area contributed by atoms with Gasteiger partial charge in [0.2, 0.25) is 0 Å². The van der Waals surface area contributed by atoms with Crippen molar-refractivity contribution in [3.05, 3.63) is 107 Å². The van der Waals surface area contributed by atoms with Gasteiger partial charge in [-0.25, -0.2) is 0 Å². The van der Waals surface area contributed by atoms with Crippen molar-refractivity contribution in [1.82, 2.24) is 9.80 Å². The summed E-state index contributed by atoms with van der Waals surface area (Å²) in [6.07, 6.45) is 1.52. The number of nitrogens with zero attached hydrogens (tertiary/aromatic N) is 2. The highest BCUT2D eigenvalue weighted by Crippen LogP contribution is 2.32. The Morgan fingerprint density at radius 3 is 1.86 bits per heavy atom. The minimum atomic E-state index is -0.381. The second kappa shape index (κ2) is 8.03. The average Bonchev–Trinajstić information content (AvgIpc) is 2.90. The van der Waals surface area contributed by atoms with Crippen LogP contribution in [0.25, 0.3) is 21.5 Å². The lowest BCUT2D eigenvalue weighted by atomic mass is 9.91. The van der Waals surface area contributed by atoms with E-state index in [0.717, 1.165) is 10.3 Å². The van der Waals surface area contributed by atoms with Gasteiger partial charge in [-0.2, -0.15) is 0 Å². The predicted molar refractivity (Wildman–Crippen MR) is 136 cm³/mol. The van der Waals surface area contributed by atoms with Gasteiger partial charge >= 0.3 is 0 Å². The third kappa shape index (κ3) is 3.00. The van der Waals surface area contributed by atoms with Gasteiger partial charge in [-0.05, 0) is 41.1 Å². The average molecular weight is 470 g/mol. The smallest absolute Gasteiger partial charge is 0.262 e. The third-order valence-corrected chi connectivity index (χ3v) is 6.62. The highest BCUT2D eigenvalue weighted by Gasteiger charge is 2.33. The minimum absolute atomic E-state index is 0.0870. The SMILES string of the molecule is C=CCN1C(=O)c2cccc3c(C#CCN4C(=O)c5cccc6cccc(c56)C4=O)ccc(c23)C1=O. The molecule has 2 aliphatic rings. The minimum Gasteiger partial charge on any atom is -0.270 e. The molecule has 0 saturated carbocycles. The summed E-state index contributed by atoms with van der Waals surface area (Å²) in [7, 11) is 0. The zero-order chi connectivity index (χ0) is 25.0. The molecule has 2 heterocycles. The largest absolute Gasteiger partial charge is 0.270 e. The summed E-state index contributed by atoms with van der Waals surface area (Å²) in [5.74, 6) is 4.49. The van der Waals surface area contributed by atoms with Crippen molar-refractivity contribution in [1.29, 1.82) is 0 Å². The van der Waals surface area contributed by atoms with Crippen molar-refractivity contribution >= 4 is 45.2 Å². The Kier molecular flexibility index (Phi) is 4.80. The molecule has 4 aromatic carbocycles. The predicted octanol–water partition coefficient (Wildman–Crippen LogP) is 4.42. The molecule has 0 bridgehead atoms. The molecule has 0 atom stereocenters. The van der Waals surface area contributed by atoms with E-state index in [-0.39, 0.29) is 36.7 Å². The van der Waals surface area contributed by atoms with Gasteiger partial charge < -0.3 is 0 Å². The molecule has 6 rings (SSSR count). The van der Waals surface area contributed by atoms with Crippen LogP contribution in [0.4, 0.5) is 0 Å². The lowest BCUT2D eigenvalue weighted by molar-refractivity contribution is 0.0614. The van der Waals surface area contributed by atoms with Gasteiger partial charge in [0, 0.05) is 45.1 Å². The number of benzene rings is 4. The first-order chi connectivity index (χ1) is 17.5. The number of carbonyl (C=O) groups excluding carboxylic acids is 4. The molecule has 0 fully saturated rings. The third-order valence-electron chi connectivity index (χ3n) is 6.62. The van der Waals surface area contributed by atoms with Crippen LogP contribution in [0.1, 0.15) is 47.0 Å². The number of rotatable bonds is 3. The van der Waals surface area contributed by atoms with Crippen LogP contribution >= 0.6 is 0 Å². The molecule has 0 saturated heterocycles. The van der Waals surface area contributed by atoms with Crippen LogP contribution in [-0.4, -0.2) is 46.5 Å². The zero-order valence-electron chi connectivity index (χ0n) is 19.1. The molecular weight excluding hydrogens is 452 g/mol. The van der Waals surface area contributed by atoms with Crippen LogP contribution in [-0.2, 0) is 0 Å². The Labute approximate surface area is 206 Å². The van der Waals surface area contributed by atoms with Gasteiger partial charge in [-0.1, -0.05) is 54.3 Å².